The molecule has 2 N–H and O–H groups in total. The van der Waals surface area contributed by atoms with Crippen molar-refractivity contribution in [1.82, 2.24) is 4.57 Å². The molecule has 0 saturated heterocycles. The minimum absolute atomic E-state index is 0.111. The lowest BCUT2D eigenvalue weighted by atomic mass is 10.1. The normalized spacial score (nSPS) is 10.4. The Hall–Kier alpha value is -2.71. The number of nitrogens with one attached hydrogen (secondary N) is 1. The zero-order valence-electron chi connectivity index (χ0n) is 11.5. The minimum Gasteiger partial charge on any atom is -0.480 e. The van der Waals surface area contributed by atoms with Crippen LogP contribution in [0.1, 0.15) is 13.8 Å². The van der Waals surface area contributed by atoms with Gasteiger partial charge in [0.1, 0.15) is 12.2 Å². The largest absolute Gasteiger partial charge is 0.480 e. The molecule has 9 nitrogen and oxygen atoms in total. The molecular formula is C12H15N3O6. The minimum atomic E-state index is -1.29. The number of carboxylic acids is 1. The Morgan fingerprint density at radius 2 is 2.10 bits per heavy atom. The molecule has 0 aromatic carbocycles. The van der Waals surface area contributed by atoms with Crippen LogP contribution >= 0.6 is 0 Å². The summed E-state index contributed by atoms with van der Waals surface area (Å²) in [6.45, 7) is 2.54. The van der Waals surface area contributed by atoms with E-state index in [4.69, 9.17) is 5.11 Å². The lowest BCUT2D eigenvalue weighted by Crippen LogP contribution is -2.27. The maximum Gasteiger partial charge on any atom is 0.356 e. The molecule has 0 spiro atoms. The van der Waals surface area contributed by atoms with Gasteiger partial charge in [-0.05, 0) is 6.07 Å². The molecular weight excluding hydrogens is 282 g/mol. The first kappa shape index (κ1) is 16.3. The number of rotatable bonds is 7. The van der Waals surface area contributed by atoms with Gasteiger partial charge in [-0.25, -0.2) is 0 Å². The summed E-state index contributed by atoms with van der Waals surface area (Å²) in [6.07, 6.45) is 1.13. The van der Waals surface area contributed by atoms with Gasteiger partial charge in [0, 0.05) is 12.1 Å². The summed E-state index contributed by atoms with van der Waals surface area (Å²) in [5.74, 6) is -1.70. The highest BCUT2D eigenvalue weighted by Gasteiger charge is 2.22. The molecule has 1 aromatic heterocycles. The summed E-state index contributed by atoms with van der Waals surface area (Å²) in [5.41, 5.74) is -1.93. The zero-order chi connectivity index (χ0) is 16.2. The Labute approximate surface area is 119 Å². The van der Waals surface area contributed by atoms with Crippen LogP contribution < -0.4 is 10.9 Å². The Bertz CT molecular complexity index is 634. The van der Waals surface area contributed by atoms with Crippen molar-refractivity contribution in [3.8, 4) is 0 Å². The van der Waals surface area contributed by atoms with Gasteiger partial charge in [-0.2, -0.15) is 0 Å². The third-order valence-corrected chi connectivity index (χ3v) is 2.72. The van der Waals surface area contributed by atoms with E-state index in [-0.39, 0.29) is 23.9 Å². The number of aromatic nitrogens is 1. The van der Waals surface area contributed by atoms with Crippen LogP contribution in [-0.4, -0.2) is 32.9 Å². The van der Waals surface area contributed by atoms with Gasteiger partial charge in [0.15, 0.2) is 5.78 Å². The molecule has 0 amide bonds. The van der Waals surface area contributed by atoms with E-state index in [0.717, 1.165) is 10.8 Å². The molecule has 9 heteroatoms. The van der Waals surface area contributed by atoms with Gasteiger partial charge in [-0.1, -0.05) is 13.8 Å². The molecule has 114 valence electrons. The number of aliphatic carboxylic acids is 1. The van der Waals surface area contributed by atoms with Crippen molar-refractivity contribution in [3.63, 3.8) is 0 Å². The van der Waals surface area contributed by atoms with E-state index in [9.17, 15) is 24.5 Å². The van der Waals surface area contributed by atoms with Crippen molar-refractivity contribution >= 4 is 23.1 Å². The number of ketones is 1. The first-order valence-electron chi connectivity index (χ1n) is 6.10. The molecule has 21 heavy (non-hydrogen) atoms. The summed E-state index contributed by atoms with van der Waals surface area (Å²) in [5, 5.41) is 22.2. The Morgan fingerprint density at radius 1 is 1.48 bits per heavy atom. The highest BCUT2D eigenvalue weighted by Crippen LogP contribution is 2.18. The van der Waals surface area contributed by atoms with E-state index in [2.05, 4.69) is 5.32 Å². The van der Waals surface area contributed by atoms with Gasteiger partial charge in [-0.3, -0.25) is 29.1 Å². The van der Waals surface area contributed by atoms with Gasteiger partial charge < -0.3 is 10.4 Å². The molecule has 1 aromatic rings. The summed E-state index contributed by atoms with van der Waals surface area (Å²) in [6, 6.07) is 1.20. The molecule has 0 atom stereocenters. The number of anilines is 1. The van der Waals surface area contributed by atoms with Crippen LogP contribution in [0.3, 0.4) is 0 Å². The average molecular weight is 297 g/mol. The average Bonchev–Trinajstić information content (AvgIpc) is 2.37. The Kier molecular flexibility index (Phi) is 5.17. The van der Waals surface area contributed by atoms with Crippen molar-refractivity contribution in [2.45, 2.75) is 20.4 Å². The molecule has 0 bridgehead atoms. The van der Waals surface area contributed by atoms with Crippen molar-refractivity contribution < 1.29 is 19.6 Å². The number of hydrogen-bond donors (Lipinski definition) is 2. The maximum absolute atomic E-state index is 11.9. The fourth-order valence-corrected chi connectivity index (χ4v) is 1.54. The van der Waals surface area contributed by atoms with Crippen molar-refractivity contribution in [1.29, 1.82) is 0 Å². The maximum atomic E-state index is 11.9. The number of nitro groups is 1. The Balaban J connectivity index is 3.13. The molecule has 0 aliphatic heterocycles. The molecule has 1 heterocycles. The molecule has 1 rings (SSSR count). The lowest BCUT2D eigenvalue weighted by molar-refractivity contribution is -0.385. The quantitative estimate of drug-likeness (QED) is 0.552. The number of Topliss-reactive ketones (excluding diaryl/α,β-unsaturated/α-hetero) is 1. The summed E-state index contributed by atoms with van der Waals surface area (Å²) in [7, 11) is 0. The fourth-order valence-electron chi connectivity index (χ4n) is 1.54. The van der Waals surface area contributed by atoms with Crippen LogP contribution in [0.25, 0.3) is 0 Å². The van der Waals surface area contributed by atoms with E-state index in [1.165, 1.54) is 6.07 Å². The highest BCUT2D eigenvalue weighted by atomic mass is 16.6. The summed E-state index contributed by atoms with van der Waals surface area (Å²) in [4.78, 5) is 44.0. The molecule has 0 saturated carbocycles. The smallest absolute Gasteiger partial charge is 0.356 e. The van der Waals surface area contributed by atoms with Crippen LogP contribution in [0.5, 0.6) is 0 Å². The van der Waals surface area contributed by atoms with Gasteiger partial charge in [-0.15, -0.1) is 0 Å². The van der Waals surface area contributed by atoms with Crippen LogP contribution in [-0.2, 0) is 16.1 Å². The first-order chi connectivity index (χ1) is 9.73. The first-order valence-corrected chi connectivity index (χ1v) is 6.10. The summed E-state index contributed by atoms with van der Waals surface area (Å²) >= 11 is 0. The van der Waals surface area contributed by atoms with E-state index < -0.39 is 28.7 Å². The van der Waals surface area contributed by atoms with Crippen LogP contribution in [0.15, 0.2) is 17.1 Å². The third-order valence-electron chi connectivity index (χ3n) is 2.72. The molecule has 0 aliphatic carbocycles. The second kappa shape index (κ2) is 6.64. The second-order valence-electron chi connectivity index (χ2n) is 4.64. The Morgan fingerprint density at radius 3 is 2.57 bits per heavy atom. The molecule has 0 aliphatic rings. The van der Waals surface area contributed by atoms with Crippen LogP contribution in [0, 0.1) is 16.0 Å². The topological polar surface area (TPSA) is 132 Å². The third kappa shape index (κ3) is 4.13. The monoisotopic (exact) mass is 297 g/mol. The number of hydrogen-bond acceptors (Lipinski definition) is 6. The predicted octanol–water partition coefficient (Wildman–Crippen LogP) is 0.478. The van der Waals surface area contributed by atoms with Gasteiger partial charge >= 0.3 is 17.2 Å². The van der Waals surface area contributed by atoms with Crippen molar-refractivity contribution in [2.24, 2.45) is 5.92 Å². The molecule has 0 radical (unpaired) electrons. The van der Waals surface area contributed by atoms with E-state index >= 15 is 0 Å². The van der Waals surface area contributed by atoms with Crippen LogP contribution in [0.4, 0.5) is 11.4 Å². The van der Waals surface area contributed by atoms with Gasteiger partial charge in [0.05, 0.1) is 11.5 Å². The van der Waals surface area contributed by atoms with Gasteiger partial charge in [0.2, 0.25) is 0 Å². The van der Waals surface area contributed by atoms with Crippen molar-refractivity contribution in [3.05, 3.63) is 32.7 Å². The number of pyridine rings is 1. The van der Waals surface area contributed by atoms with Crippen LogP contribution in [0.2, 0.25) is 0 Å². The highest BCUT2D eigenvalue weighted by molar-refractivity contribution is 5.85. The van der Waals surface area contributed by atoms with E-state index in [0.29, 0.717) is 0 Å². The predicted molar refractivity (Wildman–Crippen MR) is 73.3 cm³/mol. The second-order valence-corrected chi connectivity index (χ2v) is 4.64. The molecule has 0 unspecified atom stereocenters. The zero-order valence-corrected chi connectivity index (χ0v) is 11.5. The van der Waals surface area contributed by atoms with Gasteiger partial charge in [0.25, 0.3) is 0 Å². The van der Waals surface area contributed by atoms with E-state index in [1.54, 1.807) is 13.8 Å². The fraction of sp³-hybridized carbons (Fsp3) is 0.417. The number of carbonyl (C=O) groups excluding carboxylic acids is 1. The summed E-state index contributed by atoms with van der Waals surface area (Å²) < 4.78 is 0.718. The van der Waals surface area contributed by atoms with E-state index in [1.807, 2.05) is 0 Å². The lowest BCUT2D eigenvalue weighted by Gasteiger charge is -2.09. The SMILES string of the molecule is CC(C)C(=O)CNc1ccn(CC(=O)O)c(=O)c1[N+](=O)[O-]. The number of nitrogens with zero attached hydrogens (tertiary/aromatic N) is 2. The standard InChI is InChI=1S/C12H15N3O6/c1-7(2)9(16)5-13-8-3-4-14(6-10(17)18)12(19)11(8)15(20)21/h3-4,7,13H,5-6H2,1-2H3,(H,17,18). The van der Waals surface area contributed by atoms with Crippen molar-refractivity contribution in [2.75, 3.05) is 11.9 Å². The molecule has 0 fully saturated rings. The number of carbonyl (C=O) groups is 2. The number of carboxylic acid groups (broad SMARTS) is 1.